The summed E-state index contributed by atoms with van der Waals surface area (Å²) in [5, 5.41) is 23.3. The predicted molar refractivity (Wildman–Crippen MR) is 77.9 cm³/mol. The Bertz CT molecular complexity index is 670. The smallest absolute Gasteiger partial charge is 0.343 e. The zero-order chi connectivity index (χ0) is 15.7. The van der Waals surface area contributed by atoms with E-state index in [0.29, 0.717) is 12.1 Å². The van der Waals surface area contributed by atoms with Gasteiger partial charge < -0.3 is 24.4 Å². The first-order valence-electron chi connectivity index (χ1n) is 6.86. The molecule has 2 heterocycles. The number of carboxylic acid groups (broad SMARTS) is 1. The Hall–Kier alpha value is -2.38. The number of aromatic carboxylic acids is 1. The molecule has 1 aromatic heterocycles. The summed E-state index contributed by atoms with van der Waals surface area (Å²) < 4.78 is 10.4. The van der Waals surface area contributed by atoms with Crippen molar-refractivity contribution in [2.75, 3.05) is 25.1 Å². The van der Waals surface area contributed by atoms with E-state index in [1.54, 1.807) is 29.2 Å². The highest BCUT2D eigenvalue weighted by molar-refractivity contribution is 5.99. The van der Waals surface area contributed by atoms with E-state index in [1.807, 2.05) is 6.07 Å². The van der Waals surface area contributed by atoms with Crippen molar-refractivity contribution in [2.45, 2.75) is 12.2 Å². The van der Waals surface area contributed by atoms with Gasteiger partial charge in [-0.3, -0.25) is 0 Å². The molecule has 2 atom stereocenters. The second kappa shape index (κ2) is 5.78. The fourth-order valence-electron chi connectivity index (χ4n) is 2.64. The molecule has 0 aliphatic carbocycles. The largest absolute Gasteiger partial charge is 0.477 e. The lowest BCUT2D eigenvalue weighted by molar-refractivity contribution is 0.0217. The molecular weight excluding hydrogens is 288 g/mol. The number of hydrogen-bond acceptors (Lipinski definition) is 6. The molecule has 0 amide bonds. The van der Waals surface area contributed by atoms with Gasteiger partial charge in [-0.1, -0.05) is 35.5 Å². The minimum Gasteiger partial charge on any atom is -0.477 e. The molecule has 116 valence electrons. The van der Waals surface area contributed by atoms with Gasteiger partial charge in [-0.25, -0.2) is 4.79 Å². The van der Waals surface area contributed by atoms with Crippen LogP contribution in [-0.4, -0.2) is 53.7 Å². The van der Waals surface area contributed by atoms with Gasteiger partial charge in [0, 0.05) is 25.8 Å². The average molecular weight is 304 g/mol. The normalized spacial score (nSPS) is 21.3. The molecule has 0 unspecified atom stereocenters. The molecule has 1 aliphatic heterocycles. The van der Waals surface area contributed by atoms with Gasteiger partial charge in [0.05, 0.1) is 6.10 Å². The summed E-state index contributed by atoms with van der Waals surface area (Å²) >= 11 is 0. The third-order valence-electron chi connectivity index (χ3n) is 3.76. The molecule has 1 saturated heterocycles. The van der Waals surface area contributed by atoms with Crippen LogP contribution in [0.1, 0.15) is 10.4 Å². The number of benzene rings is 1. The van der Waals surface area contributed by atoms with E-state index in [0.717, 1.165) is 0 Å². The number of carboxylic acids is 1. The minimum atomic E-state index is -1.12. The molecule has 0 saturated carbocycles. The highest BCUT2D eigenvalue weighted by Gasteiger charge is 2.36. The van der Waals surface area contributed by atoms with E-state index in [4.69, 9.17) is 9.26 Å². The fourth-order valence-corrected chi connectivity index (χ4v) is 2.64. The molecule has 0 radical (unpaired) electrons. The first-order chi connectivity index (χ1) is 10.6. The van der Waals surface area contributed by atoms with Crippen LogP contribution in [0.2, 0.25) is 0 Å². The highest BCUT2D eigenvalue weighted by Crippen LogP contribution is 2.33. The zero-order valence-corrected chi connectivity index (χ0v) is 12.0. The summed E-state index contributed by atoms with van der Waals surface area (Å²) in [5.74, 6) is -0.700. The average Bonchev–Trinajstić information content (AvgIpc) is 3.11. The van der Waals surface area contributed by atoms with E-state index in [9.17, 15) is 15.0 Å². The zero-order valence-electron chi connectivity index (χ0n) is 12.0. The Morgan fingerprint density at radius 1 is 1.36 bits per heavy atom. The van der Waals surface area contributed by atoms with Crippen molar-refractivity contribution >= 4 is 11.8 Å². The number of hydrogen-bond donors (Lipinski definition) is 2. The number of nitrogens with zero attached hydrogens (tertiary/aromatic N) is 2. The van der Waals surface area contributed by atoms with Crippen molar-refractivity contribution in [1.29, 1.82) is 0 Å². The summed E-state index contributed by atoms with van der Waals surface area (Å²) in [4.78, 5) is 13.3. The maximum absolute atomic E-state index is 11.6. The van der Waals surface area contributed by atoms with Crippen molar-refractivity contribution in [1.82, 2.24) is 5.16 Å². The van der Waals surface area contributed by atoms with Gasteiger partial charge >= 0.3 is 5.97 Å². The van der Waals surface area contributed by atoms with Gasteiger partial charge in [-0.05, 0) is 0 Å². The molecule has 0 bridgehead atoms. The Kier molecular flexibility index (Phi) is 3.82. The van der Waals surface area contributed by atoms with Crippen LogP contribution in [0.15, 0.2) is 34.9 Å². The molecule has 1 aliphatic rings. The summed E-state index contributed by atoms with van der Waals surface area (Å²) in [6, 6.07) is 8.94. The van der Waals surface area contributed by atoms with Crippen LogP contribution in [0, 0.1) is 0 Å². The molecule has 7 nitrogen and oxygen atoms in total. The lowest BCUT2D eigenvalue weighted by atomic mass is 10.1. The van der Waals surface area contributed by atoms with Crippen LogP contribution in [-0.2, 0) is 4.74 Å². The third kappa shape index (κ3) is 2.44. The number of rotatable bonds is 4. The number of carbonyl (C=O) groups is 1. The topological polar surface area (TPSA) is 96.0 Å². The Morgan fingerprint density at radius 3 is 2.68 bits per heavy atom. The van der Waals surface area contributed by atoms with Crippen LogP contribution in [0.3, 0.4) is 0 Å². The van der Waals surface area contributed by atoms with Gasteiger partial charge in [0.25, 0.3) is 0 Å². The number of anilines is 1. The van der Waals surface area contributed by atoms with Crippen molar-refractivity contribution < 1.29 is 24.3 Å². The van der Waals surface area contributed by atoms with Gasteiger partial charge in [-0.2, -0.15) is 0 Å². The van der Waals surface area contributed by atoms with Crippen molar-refractivity contribution in [2.24, 2.45) is 0 Å². The van der Waals surface area contributed by atoms with Crippen LogP contribution < -0.4 is 4.90 Å². The van der Waals surface area contributed by atoms with Crippen molar-refractivity contribution in [3.63, 3.8) is 0 Å². The van der Waals surface area contributed by atoms with Crippen LogP contribution in [0.5, 0.6) is 0 Å². The molecule has 2 aromatic rings. The van der Waals surface area contributed by atoms with Crippen molar-refractivity contribution in [3.8, 4) is 11.3 Å². The van der Waals surface area contributed by atoms with E-state index >= 15 is 0 Å². The van der Waals surface area contributed by atoms with E-state index in [1.165, 1.54) is 7.11 Å². The second-order valence-electron chi connectivity index (χ2n) is 5.13. The molecule has 2 N–H and O–H groups in total. The van der Waals surface area contributed by atoms with Gasteiger partial charge in [0.1, 0.15) is 6.10 Å². The minimum absolute atomic E-state index is 0.00449. The number of aliphatic hydroxyl groups is 1. The molecular formula is C15H16N2O5. The van der Waals surface area contributed by atoms with Crippen LogP contribution in [0.4, 0.5) is 5.82 Å². The Morgan fingerprint density at radius 2 is 2.09 bits per heavy atom. The number of methoxy groups -OCH3 is 1. The standard InChI is InChI=1S/C15H16N2O5/c1-21-11-8-17(7-10(11)18)14-12(15(19)20)13(22-16-14)9-5-3-2-4-6-9/h2-6,10-11,18H,7-8H2,1H3,(H,19,20)/t10-,11-/m0/s1. The third-order valence-corrected chi connectivity index (χ3v) is 3.76. The van der Waals surface area contributed by atoms with Gasteiger partial charge in [0.15, 0.2) is 17.1 Å². The number of β-amino-alcohol motifs (C(OH)–C–C–N with tert-alkyl or cyclic N) is 1. The predicted octanol–water partition coefficient (Wildman–Crippen LogP) is 1.24. The SMILES string of the molecule is CO[C@H]1CN(c2noc(-c3ccccc3)c2C(=O)O)C[C@@H]1O. The quantitative estimate of drug-likeness (QED) is 0.877. The number of aromatic nitrogens is 1. The maximum Gasteiger partial charge on any atom is 0.343 e. The number of aliphatic hydroxyl groups excluding tert-OH is 1. The molecule has 3 rings (SSSR count). The van der Waals surface area contributed by atoms with Gasteiger partial charge in [-0.15, -0.1) is 0 Å². The molecule has 0 spiro atoms. The molecule has 7 heteroatoms. The van der Waals surface area contributed by atoms with Crippen LogP contribution in [0.25, 0.3) is 11.3 Å². The lowest BCUT2D eigenvalue weighted by Crippen LogP contribution is -2.25. The Balaban J connectivity index is 2.00. The van der Waals surface area contributed by atoms with E-state index in [-0.39, 0.29) is 29.8 Å². The highest BCUT2D eigenvalue weighted by atomic mass is 16.5. The second-order valence-corrected chi connectivity index (χ2v) is 5.13. The monoisotopic (exact) mass is 304 g/mol. The Labute approximate surface area is 126 Å². The first kappa shape index (κ1) is 14.6. The van der Waals surface area contributed by atoms with E-state index < -0.39 is 12.1 Å². The van der Waals surface area contributed by atoms with Gasteiger partial charge in [0.2, 0.25) is 0 Å². The van der Waals surface area contributed by atoms with Crippen molar-refractivity contribution in [3.05, 3.63) is 35.9 Å². The fraction of sp³-hybridized carbons (Fsp3) is 0.333. The summed E-state index contributed by atoms with van der Waals surface area (Å²) in [7, 11) is 1.51. The summed E-state index contributed by atoms with van der Waals surface area (Å²) in [6.45, 7) is 0.609. The maximum atomic E-state index is 11.6. The van der Waals surface area contributed by atoms with Crippen LogP contribution >= 0.6 is 0 Å². The number of ether oxygens (including phenoxy) is 1. The molecule has 22 heavy (non-hydrogen) atoms. The summed E-state index contributed by atoms with van der Waals surface area (Å²) in [6.07, 6.45) is -1.07. The van der Waals surface area contributed by atoms with E-state index in [2.05, 4.69) is 5.16 Å². The first-order valence-corrected chi connectivity index (χ1v) is 6.86. The summed E-state index contributed by atoms with van der Waals surface area (Å²) in [5.41, 5.74) is 0.636. The molecule has 1 aromatic carbocycles. The lowest BCUT2D eigenvalue weighted by Gasteiger charge is -2.14. The molecule has 1 fully saturated rings.